The third-order valence-corrected chi connectivity index (χ3v) is 7.22. The molecule has 5 aromatic rings. The predicted octanol–water partition coefficient (Wildman–Crippen LogP) is 2.52. The summed E-state index contributed by atoms with van der Waals surface area (Å²) in [7, 11) is 0. The first-order valence-corrected chi connectivity index (χ1v) is 13.2. The lowest BCUT2D eigenvalue weighted by Crippen LogP contribution is -2.38. The highest BCUT2D eigenvalue weighted by Gasteiger charge is 2.25. The lowest BCUT2D eigenvalue weighted by molar-refractivity contribution is -0.121. The Morgan fingerprint density at radius 1 is 1.07 bits per heavy atom. The van der Waals surface area contributed by atoms with Crippen LogP contribution < -0.4 is 11.1 Å². The van der Waals surface area contributed by atoms with Crippen molar-refractivity contribution in [1.29, 1.82) is 0 Å². The van der Waals surface area contributed by atoms with Gasteiger partial charge in [0, 0.05) is 25.2 Å². The van der Waals surface area contributed by atoms with Crippen LogP contribution in [0.25, 0.3) is 22.5 Å². The summed E-state index contributed by atoms with van der Waals surface area (Å²) in [6.45, 7) is 2.34. The van der Waals surface area contributed by atoms with Crippen LogP contribution in [0.4, 0.5) is 0 Å². The second kappa shape index (κ2) is 13.8. The van der Waals surface area contributed by atoms with Crippen molar-refractivity contribution in [2.75, 3.05) is 19.6 Å². The molecule has 0 bridgehead atoms. The highest BCUT2D eigenvalue weighted by Crippen LogP contribution is 2.21. The van der Waals surface area contributed by atoms with E-state index in [4.69, 9.17) is 4.42 Å². The number of carbonyl (C=O) groups excluding carboxylic acids is 1. The number of oxazole rings is 1. The Bertz CT molecular complexity index is 1660. The molecule has 13 heteroatoms. The van der Waals surface area contributed by atoms with E-state index in [9.17, 15) is 14.7 Å². The van der Waals surface area contributed by atoms with Gasteiger partial charge in [0.25, 0.3) is 0 Å². The molecule has 2 atom stereocenters. The quantitative estimate of drug-likeness (QED) is 0.232. The number of aliphatic hydroxyl groups is 1. The minimum atomic E-state index is -0.462. The lowest BCUT2D eigenvalue weighted by Gasteiger charge is -2.25. The van der Waals surface area contributed by atoms with Crippen LogP contribution in [-0.4, -0.2) is 66.8 Å². The Hall–Kier alpha value is -3.91. The maximum atomic E-state index is 13.2. The zero-order valence-electron chi connectivity index (χ0n) is 22.7. The number of tetrazole rings is 1. The molecule has 0 aliphatic carbocycles. The molecule has 3 aromatic carbocycles. The molecule has 1 aliphatic rings. The number of fused-ring (bicyclic) bond motifs is 1. The first kappa shape index (κ1) is 31.0. The molecule has 0 spiro atoms. The SMILES string of the molecule is O=C(Cc1ccc2oc(=O)n(Cc3ccc(-c4nn[nH]n4)cc3)c2c1)N[C@H](CN1CC[C@H](O)C1)c1ccccc1.S.S. The monoisotopic (exact) mass is 607 g/mol. The van der Waals surface area contributed by atoms with Gasteiger partial charge in [-0.2, -0.15) is 32.2 Å². The fraction of sp³-hybridized carbons (Fsp3) is 0.276. The predicted molar refractivity (Wildman–Crippen MR) is 168 cm³/mol. The van der Waals surface area contributed by atoms with Crippen LogP contribution in [0.15, 0.2) is 82.0 Å². The third-order valence-electron chi connectivity index (χ3n) is 7.22. The average molecular weight is 608 g/mol. The maximum Gasteiger partial charge on any atom is 0.420 e. The molecular formula is C29H33N7O4S2. The van der Waals surface area contributed by atoms with Crippen LogP contribution >= 0.6 is 27.0 Å². The van der Waals surface area contributed by atoms with Gasteiger partial charge >= 0.3 is 5.76 Å². The van der Waals surface area contributed by atoms with Crippen molar-refractivity contribution in [3.63, 3.8) is 0 Å². The van der Waals surface area contributed by atoms with E-state index in [-0.39, 0.29) is 51.5 Å². The zero-order valence-corrected chi connectivity index (χ0v) is 24.7. The van der Waals surface area contributed by atoms with Gasteiger partial charge < -0.3 is 14.8 Å². The van der Waals surface area contributed by atoms with E-state index in [1.165, 1.54) is 0 Å². The summed E-state index contributed by atoms with van der Waals surface area (Å²) < 4.78 is 7.03. The first-order valence-electron chi connectivity index (χ1n) is 13.2. The molecule has 0 unspecified atom stereocenters. The molecule has 3 heterocycles. The van der Waals surface area contributed by atoms with Crippen molar-refractivity contribution < 1.29 is 14.3 Å². The summed E-state index contributed by atoms with van der Waals surface area (Å²) in [5.41, 5.74) is 4.59. The summed E-state index contributed by atoms with van der Waals surface area (Å²) in [4.78, 5) is 28.0. The number of β-amino-alcohol motifs (C(OH)–C–C–N with tert-alkyl or cyclic N) is 1. The lowest BCUT2D eigenvalue weighted by atomic mass is 10.1. The zero-order chi connectivity index (χ0) is 27.5. The largest absolute Gasteiger partial charge is 0.420 e. The van der Waals surface area contributed by atoms with Gasteiger partial charge in [-0.1, -0.05) is 60.7 Å². The molecule has 6 rings (SSSR count). The summed E-state index contributed by atoms with van der Waals surface area (Å²) in [5, 5.41) is 27.1. The second-order valence-corrected chi connectivity index (χ2v) is 10.1. The van der Waals surface area contributed by atoms with E-state index < -0.39 is 5.76 Å². The average Bonchev–Trinajstić information content (AvgIpc) is 3.71. The fourth-order valence-corrected chi connectivity index (χ4v) is 5.18. The Balaban J connectivity index is 0.00000202. The summed E-state index contributed by atoms with van der Waals surface area (Å²) in [5.74, 6) is -0.0916. The first-order chi connectivity index (χ1) is 19.5. The number of aromatic amines is 1. The Morgan fingerprint density at radius 2 is 1.83 bits per heavy atom. The summed E-state index contributed by atoms with van der Waals surface area (Å²) >= 11 is 0. The third kappa shape index (κ3) is 7.10. The molecule has 1 saturated heterocycles. The van der Waals surface area contributed by atoms with Gasteiger partial charge in [0.1, 0.15) is 0 Å². The van der Waals surface area contributed by atoms with Crippen molar-refractivity contribution in [3.8, 4) is 11.4 Å². The Kier molecular flexibility index (Phi) is 10.2. The number of aromatic nitrogens is 5. The van der Waals surface area contributed by atoms with Crippen LogP contribution in [0.5, 0.6) is 0 Å². The van der Waals surface area contributed by atoms with Crippen LogP contribution in [0.1, 0.15) is 29.2 Å². The van der Waals surface area contributed by atoms with Gasteiger partial charge in [-0.25, -0.2) is 4.79 Å². The Labute approximate surface area is 255 Å². The number of nitrogens with zero attached hydrogens (tertiary/aromatic N) is 5. The summed E-state index contributed by atoms with van der Waals surface area (Å²) in [6, 6.07) is 22.6. The number of hydrogen-bond donors (Lipinski definition) is 3. The fourth-order valence-electron chi connectivity index (χ4n) is 5.18. The van der Waals surface area contributed by atoms with Gasteiger partial charge in [-0.3, -0.25) is 14.3 Å². The molecule has 0 saturated carbocycles. The van der Waals surface area contributed by atoms with Crippen molar-refractivity contribution in [3.05, 3.63) is 100 Å². The smallest absolute Gasteiger partial charge is 0.408 e. The van der Waals surface area contributed by atoms with E-state index in [1.54, 1.807) is 10.6 Å². The van der Waals surface area contributed by atoms with Crippen molar-refractivity contribution in [2.24, 2.45) is 0 Å². The van der Waals surface area contributed by atoms with Gasteiger partial charge in [0.05, 0.1) is 30.6 Å². The number of amides is 1. The number of hydrogen-bond acceptors (Lipinski definition) is 8. The number of rotatable bonds is 9. The van der Waals surface area contributed by atoms with Gasteiger partial charge in [-0.05, 0) is 40.5 Å². The molecule has 3 N–H and O–H groups in total. The van der Waals surface area contributed by atoms with Crippen molar-refractivity contribution in [2.45, 2.75) is 31.5 Å². The van der Waals surface area contributed by atoms with E-state index in [2.05, 4.69) is 30.8 Å². The van der Waals surface area contributed by atoms with Crippen LogP contribution in [-0.2, 0) is 17.8 Å². The standard InChI is InChI=1S/C29H29N7O4.2H2S/c37-23-12-13-35(17-23)18-24(21-4-2-1-3-5-21)30-27(38)15-20-8-11-26-25(14-20)36(29(39)40-26)16-19-6-9-22(10-7-19)28-31-33-34-32-28;;/h1-11,14,23-24,37H,12-13,15-18H2,(H,30,38)(H,31,32,33,34);2*1H2/t23-,24+;;/m0../s1. The molecule has 0 radical (unpaired) electrons. The Morgan fingerprint density at radius 3 is 2.52 bits per heavy atom. The molecule has 2 aromatic heterocycles. The van der Waals surface area contributed by atoms with Crippen molar-refractivity contribution >= 4 is 44.0 Å². The summed E-state index contributed by atoms with van der Waals surface area (Å²) in [6.07, 6.45) is 0.570. The molecule has 220 valence electrons. The number of nitrogens with one attached hydrogen (secondary N) is 2. The van der Waals surface area contributed by atoms with Crippen molar-refractivity contribution in [1.82, 2.24) is 35.4 Å². The van der Waals surface area contributed by atoms with Gasteiger partial charge in [-0.15, -0.1) is 10.2 Å². The van der Waals surface area contributed by atoms with E-state index >= 15 is 0 Å². The molecular weight excluding hydrogens is 574 g/mol. The molecule has 42 heavy (non-hydrogen) atoms. The highest BCUT2D eigenvalue weighted by atomic mass is 32.1. The van der Waals surface area contributed by atoms with Gasteiger partial charge in [0.2, 0.25) is 11.7 Å². The number of H-pyrrole nitrogens is 1. The maximum absolute atomic E-state index is 13.2. The van der Waals surface area contributed by atoms with Crippen LogP contribution in [0, 0.1) is 0 Å². The minimum absolute atomic E-state index is 0. The number of likely N-dealkylation sites (tertiary alicyclic amines) is 1. The van der Waals surface area contributed by atoms with Crippen LogP contribution in [0.2, 0.25) is 0 Å². The normalized spacial score (nSPS) is 15.6. The number of benzene rings is 3. The molecule has 11 nitrogen and oxygen atoms in total. The topological polar surface area (TPSA) is 142 Å². The van der Waals surface area contributed by atoms with Crippen LogP contribution in [0.3, 0.4) is 0 Å². The molecule has 1 amide bonds. The van der Waals surface area contributed by atoms with Gasteiger partial charge in [0.15, 0.2) is 5.58 Å². The number of carbonyl (C=O) groups is 1. The van der Waals surface area contributed by atoms with E-state index in [1.807, 2.05) is 66.7 Å². The minimum Gasteiger partial charge on any atom is -0.408 e. The van der Waals surface area contributed by atoms with E-state index in [0.717, 1.165) is 35.2 Å². The molecule has 1 aliphatic heterocycles. The second-order valence-electron chi connectivity index (χ2n) is 10.1. The van der Waals surface area contributed by atoms with E-state index in [0.29, 0.717) is 36.6 Å². The molecule has 1 fully saturated rings. The number of aliphatic hydroxyl groups excluding tert-OH is 1. The highest BCUT2D eigenvalue weighted by molar-refractivity contribution is 7.59.